The molecule has 0 aliphatic carbocycles. The molecule has 0 radical (unpaired) electrons. The van der Waals surface area contributed by atoms with Crippen LogP contribution in [0.4, 0.5) is 14.5 Å². The fraction of sp³-hybridized carbons (Fsp3) is 0.200. The number of halogens is 2. The number of aromatic nitrogens is 3. The SMILES string of the molecule is Cn1cnc(-c2ccc([N+](=O)[O-])c(OC(F)F)c2)n1. The molecule has 0 amide bonds. The highest BCUT2D eigenvalue weighted by Crippen LogP contribution is 2.32. The lowest BCUT2D eigenvalue weighted by Crippen LogP contribution is -2.04. The third-order valence-electron chi connectivity index (χ3n) is 2.23. The van der Waals surface area contributed by atoms with Crippen LogP contribution in [0.5, 0.6) is 5.75 Å². The molecule has 0 aliphatic heterocycles. The first-order chi connectivity index (χ1) is 8.97. The molecule has 0 fully saturated rings. The van der Waals surface area contributed by atoms with Crippen molar-refractivity contribution in [2.75, 3.05) is 0 Å². The fourth-order valence-corrected chi connectivity index (χ4v) is 1.47. The molecule has 0 atom stereocenters. The summed E-state index contributed by atoms with van der Waals surface area (Å²) in [6, 6.07) is 3.55. The van der Waals surface area contributed by atoms with Crippen LogP contribution in [0, 0.1) is 10.1 Å². The molecule has 2 rings (SSSR count). The second-order valence-corrected chi connectivity index (χ2v) is 3.56. The van der Waals surface area contributed by atoms with E-state index in [4.69, 9.17) is 0 Å². The van der Waals surface area contributed by atoms with E-state index in [1.807, 2.05) is 0 Å². The van der Waals surface area contributed by atoms with Gasteiger partial charge in [0.25, 0.3) is 0 Å². The average Bonchev–Trinajstić information content (AvgIpc) is 2.74. The summed E-state index contributed by atoms with van der Waals surface area (Å²) in [7, 11) is 1.64. The first-order valence-electron chi connectivity index (χ1n) is 5.06. The van der Waals surface area contributed by atoms with Gasteiger partial charge in [-0.3, -0.25) is 14.8 Å². The van der Waals surface area contributed by atoms with Crippen LogP contribution in [0.2, 0.25) is 0 Å². The number of hydrogen-bond acceptors (Lipinski definition) is 5. The molecule has 0 aliphatic rings. The van der Waals surface area contributed by atoms with E-state index in [0.29, 0.717) is 5.56 Å². The van der Waals surface area contributed by atoms with Crippen LogP contribution in [0.3, 0.4) is 0 Å². The normalized spacial score (nSPS) is 10.7. The molecule has 0 unspecified atom stereocenters. The Morgan fingerprint density at radius 1 is 1.47 bits per heavy atom. The molecule has 1 heterocycles. The number of nitro groups is 1. The number of rotatable bonds is 4. The van der Waals surface area contributed by atoms with Gasteiger partial charge in [-0.1, -0.05) is 0 Å². The van der Waals surface area contributed by atoms with E-state index in [2.05, 4.69) is 14.8 Å². The molecule has 2 aromatic rings. The molecule has 0 spiro atoms. The van der Waals surface area contributed by atoms with Gasteiger partial charge in [0.05, 0.1) is 4.92 Å². The minimum absolute atomic E-state index is 0.261. The Bertz CT molecular complexity index is 615. The van der Waals surface area contributed by atoms with Crippen molar-refractivity contribution < 1.29 is 18.4 Å². The summed E-state index contributed by atoms with van der Waals surface area (Å²) < 4.78 is 30.0. The molecule has 0 saturated heterocycles. The lowest BCUT2D eigenvalue weighted by molar-refractivity contribution is -0.386. The molecule has 0 bridgehead atoms. The predicted octanol–water partition coefficient (Wildman–Crippen LogP) is 1.99. The Kier molecular flexibility index (Phi) is 3.36. The molecule has 9 heteroatoms. The highest BCUT2D eigenvalue weighted by atomic mass is 19.3. The Labute approximate surface area is 105 Å². The largest absolute Gasteiger partial charge is 0.427 e. The second kappa shape index (κ2) is 4.96. The third kappa shape index (κ3) is 2.81. The first kappa shape index (κ1) is 12.9. The van der Waals surface area contributed by atoms with Crippen molar-refractivity contribution in [2.24, 2.45) is 7.05 Å². The van der Waals surface area contributed by atoms with Crippen LogP contribution in [0.1, 0.15) is 0 Å². The molecule has 0 N–H and O–H groups in total. The quantitative estimate of drug-likeness (QED) is 0.626. The Hall–Kier alpha value is -2.58. The molecule has 1 aromatic carbocycles. The number of nitro benzene ring substituents is 1. The van der Waals surface area contributed by atoms with Crippen molar-refractivity contribution >= 4 is 5.69 Å². The van der Waals surface area contributed by atoms with Gasteiger partial charge < -0.3 is 4.74 Å². The van der Waals surface area contributed by atoms with Crippen molar-refractivity contribution in [3.63, 3.8) is 0 Å². The zero-order valence-electron chi connectivity index (χ0n) is 9.66. The van der Waals surface area contributed by atoms with Crippen LogP contribution in [0.25, 0.3) is 11.4 Å². The van der Waals surface area contributed by atoms with Gasteiger partial charge in [-0.15, -0.1) is 0 Å². The van der Waals surface area contributed by atoms with Crippen LogP contribution in [-0.4, -0.2) is 26.3 Å². The topological polar surface area (TPSA) is 83.1 Å². The number of benzene rings is 1. The maximum absolute atomic E-state index is 12.2. The molecule has 0 saturated carbocycles. The van der Waals surface area contributed by atoms with Gasteiger partial charge in [-0.25, -0.2) is 4.98 Å². The zero-order valence-corrected chi connectivity index (χ0v) is 9.66. The van der Waals surface area contributed by atoms with Gasteiger partial charge in [-0.2, -0.15) is 13.9 Å². The van der Waals surface area contributed by atoms with Crippen LogP contribution < -0.4 is 4.74 Å². The Balaban J connectivity index is 2.45. The summed E-state index contributed by atoms with van der Waals surface area (Å²) in [6.45, 7) is -3.15. The lowest BCUT2D eigenvalue weighted by atomic mass is 10.2. The summed E-state index contributed by atoms with van der Waals surface area (Å²) in [4.78, 5) is 13.8. The summed E-state index contributed by atoms with van der Waals surface area (Å²) >= 11 is 0. The first-order valence-corrected chi connectivity index (χ1v) is 5.06. The van der Waals surface area contributed by atoms with E-state index in [1.54, 1.807) is 7.05 Å². The summed E-state index contributed by atoms with van der Waals surface area (Å²) in [5.41, 5.74) is -0.193. The van der Waals surface area contributed by atoms with E-state index in [1.165, 1.54) is 17.1 Å². The number of alkyl halides is 2. The third-order valence-corrected chi connectivity index (χ3v) is 2.23. The maximum atomic E-state index is 12.2. The highest BCUT2D eigenvalue weighted by Gasteiger charge is 2.20. The summed E-state index contributed by atoms with van der Waals surface area (Å²) in [5, 5.41) is 14.7. The maximum Gasteiger partial charge on any atom is 0.387 e. The van der Waals surface area contributed by atoms with E-state index in [-0.39, 0.29) is 5.82 Å². The fourth-order valence-electron chi connectivity index (χ4n) is 1.47. The van der Waals surface area contributed by atoms with Gasteiger partial charge in [0.1, 0.15) is 6.33 Å². The van der Waals surface area contributed by atoms with Gasteiger partial charge in [0.15, 0.2) is 5.82 Å². The molecule has 1 aromatic heterocycles. The lowest BCUT2D eigenvalue weighted by Gasteiger charge is -2.06. The Morgan fingerprint density at radius 2 is 2.21 bits per heavy atom. The van der Waals surface area contributed by atoms with E-state index in [0.717, 1.165) is 12.1 Å². The monoisotopic (exact) mass is 270 g/mol. The summed E-state index contributed by atoms with van der Waals surface area (Å²) in [5.74, 6) is -0.263. The predicted molar refractivity (Wildman–Crippen MR) is 59.7 cm³/mol. The highest BCUT2D eigenvalue weighted by molar-refractivity contribution is 5.62. The average molecular weight is 270 g/mol. The van der Waals surface area contributed by atoms with Crippen LogP contribution >= 0.6 is 0 Å². The van der Waals surface area contributed by atoms with Crippen LogP contribution in [0.15, 0.2) is 24.5 Å². The molecular formula is C10H8F2N4O3. The van der Waals surface area contributed by atoms with Gasteiger partial charge >= 0.3 is 12.3 Å². The molecular weight excluding hydrogens is 262 g/mol. The number of nitrogens with zero attached hydrogens (tertiary/aromatic N) is 4. The van der Waals surface area contributed by atoms with E-state index < -0.39 is 23.0 Å². The minimum atomic E-state index is -3.15. The number of aryl methyl sites for hydroxylation is 1. The van der Waals surface area contributed by atoms with Gasteiger partial charge in [0.2, 0.25) is 5.75 Å². The van der Waals surface area contributed by atoms with Crippen molar-refractivity contribution in [1.29, 1.82) is 0 Å². The van der Waals surface area contributed by atoms with Crippen LogP contribution in [-0.2, 0) is 7.05 Å². The van der Waals surface area contributed by atoms with Crippen molar-refractivity contribution in [2.45, 2.75) is 6.61 Å². The number of hydrogen-bond donors (Lipinski definition) is 0. The summed E-state index contributed by atoms with van der Waals surface area (Å²) in [6.07, 6.45) is 1.42. The van der Waals surface area contributed by atoms with Gasteiger partial charge in [0, 0.05) is 18.7 Å². The smallest absolute Gasteiger partial charge is 0.387 e. The van der Waals surface area contributed by atoms with E-state index in [9.17, 15) is 18.9 Å². The second-order valence-electron chi connectivity index (χ2n) is 3.56. The standard InChI is InChI=1S/C10H8F2N4O3/c1-15-5-13-9(14-15)6-2-3-7(16(17)18)8(4-6)19-10(11)12/h2-5,10H,1H3. The molecule has 7 nitrogen and oxygen atoms in total. The van der Waals surface area contributed by atoms with E-state index >= 15 is 0 Å². The van der Waals surface area contributed by atoms with Gasteiger partial charge in [-0.05, 0) is 12.1 Å². The minimum Gasteiger partial charge on any atom is -0.427 e. The Morgan fingerprint density at radius 3 is 2.74 bits per heavy atom. The number of ether oxygens (including phenoxy) is 1. The molecule has 19 heavy (non-hydrogen) atoms. The molecule has 100 valence electrons. The zero-order chi connectivity index (χ0) is 14.0. The van der Waals surface area contributed by atoms with Crippen molar-refractivity contribution in [1.82, 2.24) is 14.8 Å². The van der Waals surface area contributed by atoms with Crippen molar-refractivity contribution in [3.8, 4) is 17.1 Å². The van der Waals surface area contributed by atoms with Crippen molar-refractivity contribution in [3.05, 3.63) is 34.6 Å².